The minimum Gasteiger partial charge on any atom is -0.480 e. The average Bonchev–Trinajstić information content (AvgIpc) is 3.70. The van der Waals surface area contributed by atoms with Crippen LogP contribution in [0.3, 0.4) is 0 Å². The number of aromatic nitrogens is 1. The molecule has 0 radical (unpaired) electrons. The van der Waals surface area contributed by atoms with E-state index in [2.05, 4.69) is 26.3 Å². The zero-order chi connectivity index (χ0) is 31.6. The molecule has 2 aromatic carbocycles. The number of hydrogen-bond donors (Lipinski definition) is 5. The molecular formula is C32H38N6O7. The number of nitrogens with one attached hydrogen (secondary N) is 4. The second-order valence-corrected chi connectivity index (χ2v) is 10.8. The number of carboxylic acids is 1. The molecular weight excluding hydrogens is 580 g/mol. The highest BCUT2D eigenvalue weighted by Crippen LogP contribution is 2.26. The summed E-state index contributed by atoms with van der Waals surface area (Å²) in [7, 11) is 1.69. The highest BCUT2D eigenvalue weighted by molar-refractivity contribution is 6.01. The van der Waals surface area contributed by atoms with Gasteiger partial charge in [0, 0.05) is 32.0 Å². The molecule has 2 saturated heterocycles. The first-order chi connectivity index (χ1) is 21.9. The fraction of sp³-hybridized carbons (Fsp3) is 0.375. The summed E-state index contributed by atoms with van der Waals surface area (Å²) in [6, 6.07) is 20.6. The lowest BCUT2D eigenvalue weighted by Gasteiger charge is -2.24. The summed E-state index contributed by atoms with van der Waals surface area (Å²) >= 11 is 0. The van der Waals surface area contributed by atoms with Gasteiger partial charge < -0.3 is 40.2 Å². The molecule has 0 spiro atoms. The van der Waals surface area contributed by atoms with Gasteiger partial charge in [-0.3, -0.25) is 10.1 Å². The smallest absolute Gasteiger partial charge is 0.410 e. The Balaban J connectivity index is 1.09. The van der Waals surface area contributed by atoms with Crippen LogP contribution in [0.1, 0.15) is 22.3 Å². The summed E-state index contributed by atoms with van der Waals surface area (Å²) in [6.07, 6.45) is 0.927. The maximum atomic E-state index is 13.1. The number of rotatable bonds is 15. The van der Waals surface area contributed by atoms with E-state index in [0.29, 0.717) is 36.6 Å². The van der Waals surface area contributed by atoms with Crippen LogP contribution in [0.15, 0.2) is 79.0 Å². The quantitative estimate of drug-likeness (QED) is 0.159. The number of carbonyl (C=O) groups is 3. The molecule has 238 valence electrons. The van der Waals surface area contributed by atoms with E-state index in [4.69, 9.17) is 14.2 Å². The lowest BCUT2D eigenvalue weighted by molar-refractivity contribution is -0.139. The molecule has 1 aromatic heterocycles. The molecule has 3 unspecified atom stereocenters. The number of aliphatic carboxylic acids is 1. The van der Waals surface area contributed by atoms with Crippen LogP contribution in [0.25, 0.3) is 0 Å². The first kappa shape index (κ1) is 31.7. The van der Waals surface area contributed by atoms with Gasteiger partial charge in [0.05, 0.1) is 30.9 Å². The first-order valence-electron chi connectivity index (χ1n) is 14.8. The Morgan fingerprint density at radius 1 is 1.07 bits per heavy atom. The number of hydrogen-bond acceptors (Lipinski definition) is 10. The standard InChI is InChI=1S/C32H38N6O7/c1-33-25-12-6-5-11-24(25)29(39)37-26(31(40)41)17-36-30-27(45-30)20-43-23-15-22(16-35-28-13-7-8-14-34-28)38(18-23)32(42)44-19-21-9-3-2-4-10-21/h2-14,22-23,26-27,30,33,36H,15-20H2,1H3,(H,34,35)(H,37,39)(H,40,41)/t22-,23+,26?,27?,30?/m0/s1. The molecule has 3 aromatic rings. The maximum Gasteiger partial charge on any atom is 0.410 e. The second-order valence-electron chi connectivity index (χ2n) is 10.8. The maximum absolute atomic E-state index is 13.1. The van der Waals surface area contributed by atoms with Gasteiger partial charge in [0.2, 0.25) is 0 Å². The van der Waals surface area contributed by atoms with E-state index in [1.807, 2.05) is 48.5 Å². The van der Waals surface area contributed by atoms with E-state index in [1.165, 1.54) is 0 Å². The number of pyridine rings is 1. The molecule has 45 heavy (non-hydrogen) atoms. The van der Waals surface area contributed by atoms with Crippen LogP contribution in [-0.2, 0) is 25.6 Å². The normalized spacial score (nSPS) is 21.0. The van der Waals surface area contributed by atoms with Crippen molar-refractivity contribution in [3.63, 3.8) is 0 Å². The monoisotopic (exact) mass is 618 g/mol. The Kier molecular flexibility index (Phi) is 10.8. The zero-order valence-corrected chi connectivity index (χ0v) is 24.9. The SMILES string of the molecule is CNc1ccccc1C(=O)NC(CNC1OC1CO[C@@H]1C[C@@H](CNc2ccccn2)N(C(=O)OCc2ccccc2)C1)C(=O)O. The number of benzene rings is 2. The molecule has 5 atom stereocenters. The molecule has 2 fully saturated rings. The summed E-state index contributed by atoms with van der Waals surface area (Å²) < 4.78 is 17.4. The van der Waals surface area contributed by atoms with Crippen molar-refractivity contribution in [2.24, 2.45) is 0 Å². The Morgan fingerprint density at radius 2 is 1.84 bits per heavy atom. The summed E-state index contributed by atoms with van der Waals surface area (Å²) in [5.74, 6) is -0.949. The van der Waals surface area contributed by atoms with Crippen LogP contribution in [-0.4, -0.2) is 96.8 Å². The number of ether oxygens (including phenoxy) is 3. The summed E-state index contributed by atoms with van der Waals surface area (Å²) in [6.45, 7) is 1.23. The van der Waals surface area contributed by atoms with E-state index >= 15 is 0 Å². The van der Waals surface area contributed by atoms with Gasteiger partial charge in [-0.15, -0.1) is 0 Å². The molecule has 0 saturated carbocycles. The number of carboxylic acid groups (broad SMARTS) is 1. The minimum atomic E-state index is -1.17. The van der Waals surface area contributed by atoms with Crippen molar-refractivity contribution in [1.29, 1.82) is 0 Å². The van der Waals surface area contributed by atoms with E-state index in [-0.39, 0.29) is 38.0 Å². The van der Waals surface area contributed by atoms with Crippen LogP contribution in [0.4, 0.5) is 16.3 Å². The third kappa shape index (κ3) is 8.91. The number of anilines is 2. The van der Waals surface area contributed by atoms with E-state index in [1.54, 1.807) is 42.4 Å². The van der Waals surface area contributed by atoms with Gasteiger partial charge in [-0.1, -0.05) is 48.5 Å². The van der Waals surface area contributed by atoms with Crippen molar-refractivity contribution in [3.8, 4) is 0 Å². The molecule has 13 heteroatoms. The number of nitrogens with zero attached hydrogens (tertiary/aromatic N) is 2. The molecule has 5 rings (SSSR count). The molecule has 13 nitrogen and oxygen atoms in total. The molecule has 0 aliphatic carbocycles. The highest BCUT2D eigenvalue weighted by Gasteiger charge is 2.42. The van der Waals surface area contributed by atoms with Gasteiger partial charge in [0.1, 0.15) is 30.8 Å². The van der Waals surface area contributed by atoms with Gasteiger partial charge in [-0.25, -0.2) is 14.6 Å². The van der Waals surface area contributed by atoms with E-state index < -0.39 is 30.2 Å². The van der Waals surface area contributed by atoms with Gasteiger partial charge >= 0.3 is 12.1 Å². The van der Waals surface area contributed by atoms with Crippen molar-refractivity contribution in [3.05, 3.63) is 90.1 Å². The Labute approximate surface area is 261 Å². The summed E-state index contributed by atoms with van der Waals surface area (Å²) in [5, 5.41) is 21.5. The van der Waals surface area contributed by atoms with Crippen molar-refractivity contribution in [2.75, 3.05) is 43.9 Å². The molecule has 3 heterocycles. The average molecular weight is 619 g/mol. The number of epoxide rings is 1. The molecule has 2 aliphatic heterocycles. The van der Waals surface area contributed by atoms with Gasteiger partial charge in [-0.05, 0) is 36.2 Å². The number of para-hydroxylation sites is 1. The molecule has 0 bridgehead atoms. The highest BCUT2D eigenvalue weighted by atomic mass is 16.6. The topological polar surface area (TPSA) is 167 Å². The van der Waals surface area contributed by atoms with Gasteiger partial charge in [0.25, 0.3) is 5.91 Å². The van der Waals surface area contributed by atoms with E-state index in [0.717, 1.165) is 5.56 Å². The Morgan fingerprint density at radius 3 is 2.60 bits per heavy atom. The molecule has 5 N–H and O–H groups in total. The van der Waals surface area contributed by atoms with Crippen molar-refractivity contribution in [1.82, 2.24) is 20.5 Å². The molecule has 2 aliphatic rings. The largest absolute Gasteiger partial charge is 0.480 e. The predicted molar refractivity (Wildman–Crippen MR) is 166 cm³/mol. The summed E-state index contributed by atoms with van der Waals surface area (Å²) in [5.41, 5.74) is 1.85. The van der Waals surface area contributed by atoms with Crippen LogP contribution in [0.2, 0.25) is 0 Å². The lowest BCUT2D eigenvalue weighted by atomic mass is 10.1. The second kappa shape index (κ2) is 15.3. The van der Waals surface area contributed by atoms with Crippen LogP contribution in [0.5, 0.6) is 0 Å². The van der Waals surface area contributed by atoms with E-state index in [9.17, 15) is 19.5 Å². The number of amides is 2. The van der Waals surface area contributed by atoms with Crippen LogP contribution in [0, 0.1) is 0 Å². The molecule has 2 amide bonds. The third-order valence-corrected chi connectivity index (χ3v) is 7.65. The first-order valence-corrected chi connectivity index (χ1v) is 14.8. The number of likely N-dealkylation sites (tertiary alicyclic amines) is 1. The predicted octanol–water partition coefficient (Wildman–Crippen LogP) is 2.53. The lowest BCUT2D eigenvalue weighted by Crippen LogP contribution is -2.48. The van der Waals surface area contributed by atoms with Gasteiger partial charge in [-0.2, -0.15) is 0 Å². The minimum absolute atomic E-state index is 0.0321. The van der Waals surface area contributed by atoms with Crippen molar-refractivity contribution >= 4 is 29.5 Å². The Hall–Kier alpha value is -4.72. The third-order valence-electron chi connectivity index (χ3n) is 7.65. The van der Waals surface area contributed by atoms with Crippen molar-refractivity contribution < 1.29 is 33.7 Å². The van der Waals surface area contributed by atoms with Crippen molar-refractivity contribution in [2.45, 2.75) is 43.5 Å². The fourth-order valence-electron chi connectivity index (χ4n) is 5.15. The summed E-state index contributed by atoms with van der Waals surface area (Å²) in [4.78, 5) is 43.6. The Bertz CT molecular complexity index is 1430. The van der Waals surface area contributed by atoms with Crippen LogP contribution >= 0.6 is 0 Å². The van der Waals surface area contributed by atoms with Crippen LogP contribution < -0.4 is 21.3 Å². The fourth-order valence-corrected chi connectivity index (χ4v) is 5.15. The number of carbonyl (C=O) groups excluding carboxylic acids is 2. The zero-order valence-electron chi connectivity index (χ0n) is 24.9. The van der Waals surface area contributed by atoms with Gasteiger partial charge in [0.15, 0.2) is 0 Å².